The number of carboxylic acid groups (broad SMARTS) is 1. The number of aliphatic carboxylic acids is 1. The Balaban J connectivity index is 1.90. The molecule has 1 aliphatic heterocycles. The van der Waals surface area contributed by atoms with Crippen molar-refractivity contribution in [1.82, 2.24) is 4.90 Å². The van der Waals surface area contributed by atoms with Crippen LogP contribution >= 0.6 is 0 Å². The van der Waals surface area contributed by atoms with E-state index in [0.29, 0.717) is 25.1 Å². The highest BCUT2D eigenvalue weighted by molar-refractivity contribution is 5.82. The third kappa shape index (κ3) is 2.70. The fraction of sp³-hybridized carbons (Fsp3) is 0.500. The Kier molecular flexibility index (Phi) is 3.66. The molecule has 0 aliphatic carbocycles. The van der Waals surface area contributed by atoms with Gasteiger partial charge in [-0.2, -0.15) is 0 Å². The summed E-state index contributed by atoms with van der Waals surface area (Å²) < 4.78 is 10.4. The fourth-order valence-electron chi connectivity index (χ4n) is 1.96. The molecule has 6 nitrogen and oxygen atoms in total. The zero-order valence-corrected chi connectivity index (χ0v) is 10.0. The van der Waals surface area contributed by atoms with Gasteiger partial charge in [-0.3, -0.25) is 4.79 Å². The molecule has 18 heavy (non-hydrogen) atoms. The lowest BCUT2D eigenvalue weighted by Crippen LogP contribution is -2.36. The molecule has 0 saturated carbocycles. The molecule has 0 spiro atoms. The Bertz CT molecular complexity index is 428. The van der Waals surface area contributed by atoms with E-state index in [1.807, 2.05) is 0 Å². The number of ether oxygens (including phenoxy) is 1. The lowest BCUT2D eigenvalue weighted by Gasteiger charge is -2.19. The summed E-state index contributed by atoms with van der Waals surface area (Å²) in [6, 6.07) is 3.53. The second-order valence-electron chi connectivity index (χ2n) is 4.30. The standard InChI is InChI=1S/C12H15NO5/c1-13(7-8-3-2-6-17-8)11(14)9-4-5-10(18-9)12(15)16/h2-3,6,9-10H,4-5,7H2,1H3,(H,15,16). The Morgan fingerprint density at radius 3 is 2.72 bits per heavy atom. The Hall–Kier alpha value is -1.82. The molecule has 1 aromatic heterocycles. The lowest BCUT2D eigenvalue weighted by molar-refractivity contribution is -0.154. The van der Waals surface area contributed by atoms with Crippen molar-refractivity contribution in [2.45, 2.75) is 31.6 Å². The first-order valence-electron chi connectivity index (χ1n) is 5.73. The van der Waals surface area contributed by atoms with E-state index < -0.39 is 18.2 Å². The number of furan rings is 1. The van der Waals surface area contributed by atoms with Crippen molar-refractivity contribution in [3.8, 4) is 0 Å². The number of hydrogen-bond donors (Lipinski definition) is 1. The van der Waals surface area contributed by atoms with Crippen molar-refractivity contribution < 1.29 is 23.8 Å². The van der Waals surface area contributed by atoms with Crippen molar-refractivity contribution in [1.29, 1.82) is 0 Å². The van der Waals surface area contributed by atoms with Crippen LogP contribution in [0, 0.1) is 0 Å². The molecule has 1 aromatic rings. The number of carbonyl (C=O) groups is 2. The van der Waals surface area contributed by atoms with Gasteiger partial charge < -0.3 is 19.2 Å². The molecule has 0 aromatic carbocycles. The van der Waals surface area contributed by atoms with Crippen LogP contribution in [-0.2, 0) is 20.9 Å². The van der Waals surface area contributed by atoms with Crippen molar-refractivity contribution in [2.75, 3.05) is 7.05 Å². The molecule has 2 heterocycles. The van der Waals surface area contributed by atoms with Gasteiger partial charge in [0.15, 0.2) is 6.10 Å². The van der Waals surface area contributed by atoms with Gasteiger partial charge in [-0.05, 0) is 25.0 Å². The average molecular weight is 253 g/mol. The van der Waals surface area contributed by atoms with Gasteiger partial charge in [0.25, 0.3) is 5.91 Å². The van der Waals surface area contributed by atoms with Crippen molar-refractivity contribution in [3.05, 3.63) is 24.2 Å². The summed E-state index contributed by atoms with van der Waals surface area (Å²) in [6.45, 7) is 0.351. The van der Waals surface area contributed by atoms with E-state index in [1.165, 1.54) is 4.90 Å². The first-order valence-corrected chi connectivity index (χ1v) is 5.73. The van der Waals surface area contributed by atoms with E-state index in [0.717, 1.165) is 0 Å². The van der Waals surface area contributed by atoms with Crippen molar-refractivity contribution >= 4 is 11.9 Å². The molecule has 1 fully saturated rings. The second-order valence-corrected chi connectivity index (χ2v) is 4.30. The minimum Gasteiger partial charge on any atom is -0.479 e. The normalized spacial score (nSPS) is 22.9. The summed E-state index contributed by atoms with van der Waals surface area (Å²) in [6.07, 6.45) is 0.834. The molecule has 2 atom stereocenters. The van der Waals surface area contributed by atoms with Crippen LogP contribution < -0.4 is 0 Å². The van der Waals surface area contributed by atoms with E-state index in [2.05, 4.69) is 0 Å². The fourth-order valence-corrected chi connectivity index (χ4v) is 1.96. The second kappa shape index (κ2) is 5.22. The van der Waals surface area contributed by atoms with Gasteiger partial charge in [-0.25, -0.2) is 4.79 Å². The summed E-state index contributed by atoms with van der Waals surface area (Å²) >= 11 is 0. The van der Waals surface area contributed by atoms with E-state index >= 15 is 0 Å². The SMILES string of the molecule is CN(Cc1ccco1)C(=O)C1CCC(C(=O)O)O1. The number of hydrogen-bond acceptors (Lipinski definition) is 4. The van der Waals surface area contributed by atoms with Gasteiger partial charge in [-0.1, -0.05) is 0 Å². The highest BCUT2D eigenvalue weighted by atomic mass is 16.5. The van der Waals surface area contributed by atoms with Crippen LogP contribution in [0.25, 0.3) is 0 Å². The van der Waals surface area contributed by atoms with Crippen LogP contribution in [0.1, 0.15) is 18.6 Å². The number of carbonyl (C=O) groups excluding carboxylic acids is 1. The zero-order chi connectivity index (χ0) is 13.1. The summed E-state index contributed by atoms with van der Waals surface area (Å²) in [4.78, 5) is 24.2. The van der Waals surface area contributed by atoms with Crippen molar-refractivity contribution in [2.24, 2.45) is 0 Å². The molecule has 1 N–H and O–H groups in total. The number of likely N-dealkylation sites (N-methyl/N-ethyl adjacent to an activating group) is 1. The third-order valence-electron chi connectivity index (χ3n) is 2.92. The number of amides is 1. The van der Waals surface area contributed by atoms with Crippen LogP contribution in [0.15, 0.2) is 22.8 Å². The van der Waals surface area contributed by atoms with E-state index in [4.69, 9.17) is 14.3 Å². The Labute approximate surface area is 104 Å². The highest BCUT2D eigenvalue weighted by Crippen LogP contribution is 2.21. The van der Waals surface area contributed by atoms with Crippen LogP contribution in [0.2, 0.25) is 0 Å². The molecular formula is C12H15NO5. The van der Waals surface area contributed by atoms with Gasteiger partial charge in [0.1, 0.15) is 11.9 Å². The predicted molar refractivity (Wildman–Crippen MR) is 60.7 cm³/mol. The molecule has 0 radical (unpaired) electrons. The summed E-state index contributed by atoms with van der Waals surface area (Å²) in [5.41, 5.74) is 0. The van der Waals surface area contributed by atoms with Gasteiger partial charge in [-0.15, -0.1) is 0 Å². The maximum Gasteiger partial charge on any atom is 0.332 e. The van der Waals surface area contributed by atoms with Crippen LogP contribution in [0.4, 0.5) is 0 Å². The topological polar surface area (TPSA) is 80.0 Å². The summed E-state index contributed by atoms with van der Waals surface area (Å²) in [5.74, 6) is -0.548. The van der Waals surface area contributed by atoms with E-state index in [9.17, 15) is 9.59 Å². The third-order valence-corrected chi connectivity index (χ3v) is 2.92. The number of rotatable bonds is 4. The number of nitrogens with zero attached hydrogens (tertiary/aromatic N) is 1. The summed E-state index contributed by atoms with van der Waals surface area (Å²) in [5, 5.41) is 8.79. The van der Waals surface area contributed by atoms with E-state index in [-0.39, 0.29) is 5.91 Å². The van der Waals surface area contributed by atoms with Crippen molar-refractivity contribution in [3.63, 3.8) is 0 Å². The number of carboxylic acids is 1. The monoisotopic (exact) mass is 253 g/mol. The first kappa shape index (κ1) is 12.6. The molecule has 2 unspecified atom stereocenters. The van der Waals surface area contributed by atoms with Crippen LogP contribution in [0.3, 0.4) is 0 Å². The molecule has 2 rings (SSSR count). The minimum atomic E-state index is -1.01. The summed E-state index contributed by atoms with van der Waals surface area (Å²) in [7, 11) is 1.64. The molecule has 1 saturated heterocycles. The molecule has 1 aliphatic rings. The largest absolute Gasteiger partial charge is 0.479 e. The Morgan fingerprint density at radius 1 is 1.44 bits per heavy atom. The molecular weight excluding hydrogens is 238 g/mol. The van der Waals surface area contributed by atoms with Crippen LogP contribution in [-0.4, -0.2) is 41.1 Å². The first-order chi connectivity index (χ1) is 8.58. The molecule has 6 heteroatoms. The zero-order valence-electron chi connectivity index (χ0n) is 10.0. The maximum atomic E-state index is 12.0. The predicted octanol–water partition coefficient (Wildman–Crippen LogP) is 0.870. The minimum absolute atomic E-state index is 0.213. The van der Waals surface area contributed by atoms with Crippen LogP contribution in [0.5, 0.6) is 0 Å². The smallest absolute Gasteiger partial charge is 0.332 e. The Morgan fingerprint density at radius 2 is 2.17 bits per heavy atom. The van der Waals surface area contributed by atoms with Gasteiger partial charge in [0.05, 0.1) is 12.8 Å². The molecule has 0 bridgehead atoms. The highest BCUT2D eigenvalue weighted by Gasteiger charge is 2.36. The van der Waals surface area contributed by atoms with Gasteiger partial charge in [0.2, 0.25) is 0 Å². The quantitative estimate of drug-likeness (QED) is 0.861. The van der Waals surface area contributed by atoms with Gasteiger partial charge in [0, 0.05) is 7.05 Å². The average Bonchev–Trinajstić information content (AvgIpc) is 2.98. The lowest BCUT2D eigenvalue weighted by atomic mass is 10.2. The molecule has 1 amide bonds. The molecule has 98 valence electrons. The van der Waals surface area contributed by atoms with Gasteiger partial charge >= 0.3 is 5.97 Å². The van der Waals surface area contributed by atoms with E-state index in [1.54, 1.807) is 25.4 Å². The maximum absolute atomic E-state index is 12.0.